The van der Waals surface area contributed by atoms with Crippen molar-refractivity contribution < 1.29 is 4.79 Å². The van der Waals surface area contributed by atoms with Crippen LogP contribution in [0.5, 0.6) is 0 Å². The number of aromatic amines is 1. The second-order valence-electron chi connectivity index (χ2n) is 6.70. The van der Waals surface area contributed by atoms with Crippen LogP contribution in [0.1, 0.15) is 24.2 Å². The van der Waals surface area contributed by atoms with Crippen molar-refractivity contribution in [2.45, 2.75) is 13.8 Å². The third-order valence-corrected chi connectivity index (χ3v) is 6.17. The number of rotatable bonds is 7. The van der Waals surface area contributed by atoms with E-state index in [1.165, 1.54) is 0 Å². The molecule has 1 amide bonds. The first-order valence-corrected chi connectivity index (χ1v) is 10.5. The molecule has 144 valence electrons. The van der Waals surface area contributed by atoms with E-state index in [1.807, 2.05) is 53.6 Å². The van der Waals surface area contributed by atoms with Gasteiger partial charge in [0.1, 0.15) is 0 Å². The molecule has 1 N–H and O–H groups in total. The first-order chi connectivity index (χ1) is 13.7. The van der Waals surface area contributed by atoms with Crippen molar-refractivity contribution in [1.29, 1.82) is 0 Å². The van der Waals surface area contributed by atoms with Gasteiger partial charge in [-0.25, -0.2) is 4.98 Å². The van der Waals surface area contributed by atoms with Crippen molar-refractivity contribution in [2.75, 3.05) is 31.1 Å². The molecular formula is C22H24N4OS. The maximum Gasteiger partial charge on any atom is 0.262 e. The molecule has 0 saturated carbocycles. The van der Waals surface area contributed by atoms with Crippen molar-refractivity contribution in [2.24, 2.45) is 0 Å². The van der Waals surface area contributed by atoms with E-state index in [0.717, 1.165) is 45.9 Å². The summed E-state index contributed by atoms with van der Waals surface area (Å²) in [6, 6.07) is 15.9. The van der Waals surface area contributed by atoms with Gasteiger partial charge < -0.3 is 9.88 Å². The molecule has 0 fully saturated rings. The number of amides is 1. The number of benzene rings is 2. The number of para-hydroxylation sites is 2. The predicted molar refractivity (Wildman–Crippen MR) is 117 cm³/mol. The Balaban J connectivity index is 1.72. The molecule has 2 heterocycles. The summed E-state index contributed by atoms with van der Waals surface area (Å²) in [5, 5.41) is 1.70. The highest BCUT2D eigenvalue weighted by Crippen LogP contribution is 2.30. The zero-order valence-corrected chi connectivity index (χ0v) is 17.0. The number of hydrogen-bond donors (Lipinski definition) is 1. The molecule has 0 atom stereocenters. The molecule has 0 aliphatic rings. The van der Waals surface area contributed by atoms with E-state index >= 15 is 0 Å². The minimum Gasteiger partial charge on any atom is -0.360 e. The highest BCUT2D eigenvalue weighted by atomic mass is 32.1. The number of fused-ring (bicyclic) bond motifs is 2. The van der Waals surface area contributed by atoms with E-state index in [0.29, 0.717) is 12.1 Å². The molecule has 4 aromatic rings. The molecule has 5 nitrogen and oxygen atoms in total. The molecule has 2 aromatic heterocycles. The van der Waals surface area contributed by atoms with Crippen LogP contribution in [-0.2, 0) is 0 Å². The van der Waals surface area contributed by atoms with E-state index in [4.69, 9.17) is 4.98 Å². The molecule has 2 aromatic carbocycles. The molecule has 0 spiro atoms. The molecule has 0 aliphatic heterocycles. The van der Waals surface area contributed by atoms with E-state index in [1.54, 1.807) is 11.3 Å². The minimum absolute atomic E-state index is 0.0105. The fraction of sp³-hybridized carbons (Fsp3) is 0.273. The van der Waals surface area contributed by atoms with Crippen molar-refractivity contribution in [1.82, 2.24) is 14.9 Å². The van der Waals surface area contributed by atoms with Gasteiger partial charge in [0.05, 0.1) is 15.8 Å². The van der Waals surface area contributed by atoms with Gasteiger partial charge in [-0.2, -0.15) is 0 Å². The lowest BCUT2D eigenvalue weighted by atomic mass is 10.1. The maximum atomic E-state index is 13.5. The van der Waals surface area contributed by atoms with Crippen LogP contribution in [-0.4, -0.2) is 47.0 Å². The summed E-state index contributed by atoms with van der Waals surface area (Å²) in [6.45, 7) is 7.65. The largest absolute Gasteiger partial charge is 0.360 e. The monoisotopic (exact) mass is 392 g/mol. The molecular weight excluding hydrogens is 368 g/mol. The Morgan fingerprint density at radius 1 is 1.04 bits per heavy atom. The molecule has 28 heavy (non-hydrogen) atoms. The third kappa shape index (κ3) is 3.53. The minimum atomic E-state index is -0.0105. The molecule has 0 bridgehead atoms. The Hall–Kier alpha value is -2.70. The van der Waals surface area contributed by atoms with Gasteiger partial charge >= 0.3 is 0 Å². The van der Waals surface area contributed by atoms with E-state index in [2.05, 4.69) is 29.8 Å². The third-order valence-electron chi connectivity index (χ3n) is 5.11. The van der Waals surface area contributed by atoms with Crippen molar-refractivity contribution in [3.05, 3.63) is 60.3 Å². The van der Waals surface area contributed by atoms with Gasteiger partial charge in [0.15, 0.2) is 5.13 Å². The Kier molecular flexibility index (Phi) is 5.41. The highest BCUT2D eigenvalue weighted by Gasteiger charge is 2.24. The van der Waals surface area contributed by atoms with Crippen LogP contribution >= 0.6 is 11.3 Å². The average molecular weight is 393 g/mol. The lowest BCUT2D eigenvalue weighted by Gasteiger charge is -2.24. The fourth-order valence-corrected chi connectivity index (χ4v) is 4.42. The number of carbonyl (C=O) groups is 1. The van der Waals surface area contributed by atoms with Crippen LogP contribution < -0.4 is 4.90 Å². The first-order valence-electron chi connectivity index (χ1n) is 9.67. The molecule has 0 saturated heterocycles. The normalized spacial score (nSPS) is 11.5. The summed E-state index contributed by atoms with van der Waals surface area (Å²) in [7, 11) is 0. The quantitative estimate of drug-likeness (QED) is 0.493. The van der Waals surface area contributed by atoms with Crippen LogP contribution in [0, 0.1) is 0 Å². The summed E-state index contributed by atoms with van der Waals surface area (Å²) in [6.07, 6.45) is 1.81. The second-order valence-corrected chi connectivity index (χ2v) is 7.70. The highest BCUT2D eigenvalue weighted by molar-refractivity contribution is 7.22. The van der Waals surface area contributed by atoms with Gasteiger partial charge in [0.2, 0.25) is 0 Å². The van der Waals surface area contributed by atoms with Crippen molar-refractivity contribution in [3.63, 3.8) is 0 Å². The van der Waals surface area contributed by atoms with Crippen LogP contribution in [0.4, 0.5) is 5.13 Å². The summed E-state index contributed by atoms with van der Waals surface area (Å²) >= 11 is 1.57. The maximum absolute atomic E-state index is 13.5. The summed E-state index contributed by atoms with van der Waals surface area (Å²) in [5.41, 5.74) is 2.59. The van der Waals surface area contributed by atoms with Crippen LogP contribution in [0.15, 0.2) is 54.7 Å². The first kappa shape index (κ1) is 18.7. The lowest BCUT2D eigenvalue weighted by molar-refractivity contribution is 0.0985. The van der Waals surface area contributed by atoms with Gasteiger partial charge in [-0.15, -0.1) is 0 Å². The number of nitrogens with one attached hydrogen (secondary N) is 1. The fourth-order valence-electron chi connectivity index (χ4n) is 3.43. The van der Waals surface area contributed by atoms with E-state index in [-0.39, 0.29) is 5.91 Å². The van der Waals surface area contributed by atoms with Gasteiger partial charge in [-0.3, -0.25) is 9.69 Å². The van der Waals surface area contributed by atoms with E-state index < -0.39 is 0 Å². The second kappa shape index (κ2) is 8.12. The number of thiazole rings is 1. The molecule has 0 radical (unpaired) electrons. The summed E-state index contributed by atoms with van der Waals surface area (Å²) < 4.78 is 1.09. The lowest BCUT2D eigenvalue weighted by Crippen LogP contribution is -2.38. The van der Waals surface area contributed by atoms with Crippen molar-refractivity contribution in [3.8, 4) is 0 Å². The SMILES string of the molecule is CCN(CC)CCN(C(=O)c1c[nH]c2ccccc12)c1nc2ccccc2s1. The molecule has 6 heteroatoms. The Morgan fingerprint density at radius 3 is 2.57 bits per heavy atom. The Morgan fingerprint density at radius 2 is 1.79 bits per heavy atom. The number of H-pyrrole nitrogens is 1. The van der Waals surface area contributed by atoms with Crippen LogP contribution in [0.2, 0.25) is 0 Å². The van der Waals surface area contributed by atoms with Crippen LogP contribution in [0.25, 0.3) is 21.1 Å². The zero-order chi connectivity index (χ0) is 19.5. The number of nitrogens with zero attached hydrogens (tertiary/aromatic N) is 3. The number of likely N-dealkylation sites (N-methyl/N-ethyl adjacent to an activating group) is 1. The number of anilines is 1. The van der Waals surface area contributed by atoms with Gasteiger partial charge in [-0.05, 0) is 31.3 Å². The molecule has 0 unspecified atom stereocenters. The Bertz CT molecular complexity index is 1060. The van der Waals surface area contributed by atoms with Gasteiger partial charge in [0, 0.05) is 30.2 Å². The average Bonchev–Trinajstić information content (AvgIpc) is 3.35. The topological polar surface area (TPSA) is 52.2 Å². The van der Waals surface area contributed by atoms with Gasteiger partial charge in [-0.1, -0.05) is 55.5 Å². The number of aromatic nitrogens is 2. The van der Waals surface area contributed by atoms with Crippen LogP contribution in [0.3, 0.4) is 0 Å². The molecule has 0 aliphatic carbocycles. The number of hydrogen-bond acceptors (Lipinski definition) is 4. The molecule has 4 rings (SSSR count). The summed E-state index contributed by atoms with van der Waals surface area (Å²) in [5.74, 6) is -0.0105. The number of carbonyl (C=O) groups excluding carboxylic acids is 1. The predicted octanol–water partition coefficient (Wildman–Crippen LogP) is 4.77. The van der Waals surface area contributed by atoms with Crippen molar-refractivity contribution >= 4 is 43.5 Å². The summed E-state index contributed by atoms with van der Waals surface area (Å²) in [4.78, 5) is 25.7. The standard InChI is InChI=1S/C22H24N4OS/c1-3-25(4-2)13-14-26(22-24-19-11-7-8-12-20(19)28-22)21(27)17-15-23-18-10-6-5-9-16(17)18/h5-12,15,23H,3-4,13-14H2,1-2H3. The zero-order valence-electron chi connectivity index (χ0n) is 16.2. The van der Waals surface area contributed by atoms with E-state index in [9.17, 15) is 4.79 Å². The Labute approximate surface area is 168 Å². The van der Waals surface area contributed by atoms with Gasteiger partial charge in [0.25, 0.3) is 5.91 Å². The smallest absolute Gasteiger partial charge is 0.262 e.